The maximum atomic E-state index is 11.8. The Kier molecular flexibility index (Phi) is 3.34. The number of rotatable bonds is 3. The van der Waals surface area contributed by atoms with E-state index in [1.54, 1.807) is 18.3 Å². The van der Waals surface area contributed by atoms with Gasteiger partial charge in [0.2, 0.25) is 0 Å². The van der Waals surface area contributed by atoms with E-state index >= 15 is 0 Å². The number of amides is 1. The molecule has 6 heteroatoms. The summed E-state index contributed by atoms with van der Waals surface area (Å²) >= 11 is 1.51. The Labute approximate surface area is 103 Å². The van der Waals surface area contributed by atoms with Crippen LogP contribution in [-0.4, -0.2) is 15.9 Å². The SMILES string of the molecule is CC(NC(=O)c1ccc(N)nc1)c1nccs1. The average Bonchev–Trinajstić information content (AvgIpc) is 2.83. The van der Waals surface area contributed by atoms with Crippen LogP contribution in [0.3, 0.4) is 0 Å². The van der Waals surface area contributed by atoms with E-state index in [0.29, 0.717) is 11.4 Å². The molecule has 0 aromatic carbocycles. The van der Waals surface area contributed by atoms with Crippen molar-refractivity contribution >= 4 is 23.1 Å². The maximum Gasteiger partial charge on any atom is 0.253 e. The van der Waals surface area contributed by atoms with Gasteiger partial charge in [-0.3, -0.25) is 4.79 Å². The van der Waals surface area contributed by atoms with Gasteiger partial charge in [0.25, 0.3) is 5.91 Å². The largest absolute Gasteiger partial charge is 0.384 e. The number of thiazole rings is 1. The van der Waals surface area contributed by atoms with Crippen LogP contribution in [0.2, 0.25) is 0 Å². The highest BCUT2D eigenvalue weighted by molar-refractivity contribution is 7.09. The summed E-state index contributed by atoms with van der Waals surface area (Å²) in [6.45, 7) is 1.89. The summed E-state index contributed by atoms with van der Waals surface area (Å²) in [6.07, 6.45) is 3.17. The molecule has 0 spiro atoms. The summed E-state index contributed by atoms with van der Waals surface area (Å²) in [4.78, 5) is 19.9. The summed E-state index contributed by atoms with van der Waals surface area (Å²) in [5, 5.41) is 5.60. The number of hydrogen-bond acceptors (Lipinski definition) is 5. The molecule has 2 aromatic rings. The number of aromatic nitrogens is 2. The molecule has 17 heavy (non-hydrogen) atoms. The number of carbonyl (C=O) groups is 1. The van der Waals surface area contributed by atoms with Gasteiger partial charge in [0.05, 0.1) is 11.6 Å². The first-order chi connectivity index (χ1) is 8.16. The number of nitrogens with zero attached hydrogens (tertiary/aromatic N) is 2. The zero-order chi connectivity index (χ0) is 12.3. The molecule has 88 valence electrons. The summed E-state index contributed by atoms with van der Waals surface area (Å²) in [5.74, 6) is 0.217. The van der Waals surface area contributed by atoms with Gasteiger partial charge in [0.1, 0.15) is 10.8 Å². The number of carbonyl (C=O) groups excluding carboxylic acids is 1. The van der Waals surface area contributed by atoms with Gasteiger partial charge >= 0.3 is 0 Å². The summed E-state index contributed by atoms with van der Waals surface area (Å²) in [7, 11) is 0. The number of nitrogen functional groups attached to an aromatic ring is 1. The van der Waals surface area contributed by atoms with Crippen LogP contribution in [-0.2, 0) is 0 Å². The third-order valence-electron chi connectivity index (χ3n) is 2.22. The molecule has 0 bridgehead atoms. The Bertz CT molecular complexity index is 495. The Morgan fingerprint density at radius 3 is 2.88 bits per heavy atom. The van der Waals surface area contributed by atoms with Gasteiger partial charge in [-0.25, -0.2) is 9.97 Å². The van der Waals surface area contributed by atoms with Gasteiger partial charge in [0.15, 0.2) is 0 Å². The number of nitrogens with two attached hydrogens (primary N) is 1. The predicted molar refractivity (Wildman–Crippen MR) is 66.6 cm³/mol. The van der Waals surface area contributed by atoms with Crippen LogP contribution in [0.5, 0.6) is 0 Å². The number of anilines is 1. The van der Waals surface area contributed by atoms with Crippen LogP contribution < -0.4 is 11.1 Å². The minimum Gasteiger partial charge on any atom is -0.384 e. The molecule has 1 unspecified atom stereocenters. The second-order valence-corrected chi connectivity index (χ2v) is 4.46. The second-order valence-electron chi connectivity index (χ2n) is 3.54. The molecule has 0 saturated heterocycles. The fraction of sp³-hybridized carbons (Fsp3) is 0.182. The van der Waals surface area contributed by atoms with Gasteiger partial charge in [-0.05, 0) is 19.1 Å². The van der Waals surface area contributed by atoms with E-state index in [-0.39, 0.29) is 11.9 Å². The van der Waals surface area contributed by atoms with E-state index in [2.05, 4.69) is 15.3 Å². The van der Waals surface area contributed by atoms with E-state index in [1.165, 1.54) is 17.5 Å². The highest BCUT2D eigenvalue weighted by Gasteiger charge is 2.13. The molecule has 2 rings (SSSR count). The predicted octanol–water partition coefficient (Wildman–Crippen LogP) is 1.61. The van der Waals surface area contributed by atoms with Crippen molar-refractivity contribution in [3.05, 3.63) is 40.5 Å². The lowest BCUT2D eigenvalue weighted by molar-refractivity contribution is 0.0939. The zero-order valence-electron chi connectivity index (χ0n) is 9.25. The molecule has 0 aliphatic carbocycles. The summed E-state index contributed by atoms with van der Waals surface area (Å²) in [5.41, 5.74) is 5.94. The van der Waals surface area contributed by atoms with E-state index in [9.17, 15) is 4.79 Å². The van der Waals surface area contributed by atoms with Crippen LogP contribution in [0.15, 0.2) is 29.9 Å². The van der Waals surface area contributed by atoms with Crippen molar-refractivity contribution in [3.8, 4) is 0 Å². The van der Waals surface area contributed by atoms with E-state index in [4.69, 9.17) is 5.73 Å². The summed E-state index contributed by atoms with van der Waals surface area (Å²) in [6, 6.07) is 3.13. The van der Waals surface area contributed by atoms with Crippen LogP contribution in [0, 0.1) is 0 Å². The van der Waals surface area contributed by atoms with Crippen LogP contribution in [0.1, 0.15) is 28.3 Å². The van der Waals surface area contributed by atoms with E-state index in [0.717, 1.165) is 5.01 Å². The molecule has 1 amide bonds. The topological polar surface area (TPSA) is 80.9 Å². The molecule has 0 saturated carbocycles. The molecule has 2 heterocycles. The average molecular weight is 248 g/mol. The molecule has 0 radical (unpaired) electrons. The van der Waals surface area contributed by atoms with Crippen LogP contribution >= 0.6 is 11.3 Å². The number of hydrogen-bond donors (Lipinski definition) is 2. The molecule has 2 aromatic heterocycles. The third-order valence-corrected chi connectivity index (χ3v) is 3.18. The minimum atomic E-state index is -0.180. The van der Waals surface area contributed by atoms with Gasteiger partial charge in [-0.2, -0.15) is 0 Å². The Balaban J connectivity index is 2.04. The van der Waals surface area contributed by atoms with Gasteiger partial charge in [0, 0.05) is 17.8 Å². The summed E-state index contributed by atoms with van der Waals surface area (Å²) < 4.78 is 0. The van der Waals surface area contributed by atoms with Crippen molar-refractivity contribution in [2.24, 2.45) is 0 Å². The Morgan fingerprint density at radius 2 is 2.29 bits per heavy atom. The molecule has 0 aliphatic heterocycles. The second kappa shape index (κ2) is 4.92. The quantitative estimate of drug-likeness (QED) is 0.864. The molecule has 1 atom stereocenters. The standard InChI is InChI=1S/C11H12N4OS/c1-7(11-13-4-5-17-11)15-10(16)8-2-3-9(12)14-6-8/h2-7H,1H3,(H2,12,14)(H,15,16). The van der Waals surface area contributed by atoms with E-state index in [1.807, 2.05) is 12.3 Å². The van der Waals surface area contributed by atoms with Gasteiger partial charge in [-0.15, -0.1) is 11.3 Å². The lowest BCUT2D eigenvalue weighted by Crippen LogP contribution is -2.26. The van der Waals surface area contributed by atoms with Gasteiger partial charge in [-0.1, -0.05) is 0 Å². The maximum absolute atomic E-state index is 11.8. The van der Waals surface area contributed by atoms with Crippen molar-refractivity contribution in [3.63, 3.8) is 0 Å². The molecular formula is C11H12N4OS. The monoisotopic (exact) mass is 248 g/mol. The van der Waals surface area contributed by atoms with Crippen molar-refractivity contribution in [2.75, 3.05) is 5.73 Å². The van der Waals surface area contributed by atoms with Gasteiger partial charge < -0.3 is 11.1 Å². The van der Waals surface area contributed by atoms with Crippen molar-refractivity contribution in [2.45, 2.75) is 13.0 Å². The smallest absolute Gasteiger partial charge is 0.253 e. The van der Waals surface area contributed by atoms with E-state index < -0.39 is 0 Å². The molecule has 0 aliphatic rings. The lowest BCUT2D eigenvalue weighted by atomic mass is 10.2. The first kappa shape index (κ1) is 11.5. The third kappa shape index (κ3) is 2.79. The zero-order valence-corrected chi connectivity index (χ0v) is 10.1. The highest BCUT2D eigenvalue weighted by Crippen LogP contribution is 2.15. The van der Waals surface area contributed by atoms with Crippen molar-refractivity contribution < 1.29 is 4.79 Å². The molecular weight excluding hydrogens is 236 g/mol. The fourth-order valence-corrected chi connectivity index (χ4v) is 1.98. The first-order valence-electron chi connectivity index (χ1n) is 5.08. The fourth-order valence-electron chi connectivity index (χ4n) is 1.33. The first-order valence-corrected chi connectivity index (χ1v) is 5.96. The Hall–Kier alpha value is -1.95. The van der Waals surface area contributed by atoms with Crippen molar-refractivity contribution in [1.29, 1.82) is 0 Å². The normalized spacial score (nSPS) is 12.1. The number of nitrogens with one attached hydrogen (secondary N) is 1. The molecule has 3 N–H and O–H groups in total. The van der Waals surface area contributed by atoms with Crippen LogP contribution in [0.25, 0.3) is 0 Å². The van der Waals surface area contributed by atoms with Crippen molar-refractivity contribution in [1.82, 2.24) is 15.3 Å². The minimum absolute atomic E-state index is 0.111. The Morgan fingerprint density at radius 1 is 1.47 bits per heavy atom. The van der Waals surface area contributed by atoms with Crippen LogP contribution in [0.4, 0.5) is 5.82 Å². The number of pyridine rings is 1. The molecule has 5 nitrogen and oxygen atoms in total. The molecule has 0 fully saturated rings. The lowest BCUT2D eigenvalue weighted by Gasteiger charge is -2.10. The highest BCUT2D eigenvalue weighted by atomic mass is 32.1.